The topological polar surface area (TPSA) is 143 Å². The third-order valence-electron chi connectivity index (χ3n) is 4.03. The van der Waals surface area contributed by atoms with Crippen LogP contribution >= 0.6 is 0 Å². The number of nitrogens with zero attached hydrogens (tertiary/aromatic N) is 3. The van der Waals surface area contributed by atoms with Crippen molar-refractivity contribution in [2.75, 3.05) is 11.1 Å². The van der Waals surface area contributed by atoms with Crippen LogP contribution in [-0.4, -0.2) is 16.7 Å². The number of carbonyl (C=O) groups excluding carboxylic acids is 1. The number of benzene rings is 2. The number of amidine groups is 1. The predicted octanol–water partition coefficient (Wildman–Crippen LogP) is 3.51. The number of anilines is 2. The first-order valence-electron chi connectivity index (χ1n) is 8.22. The SMILES string of the molecule is N=N/N=C(\Nc1cccc(F)c1F)c1cc(-c2ccc(C(N)=O)cc2)cnc1N. The predicted molar refractivity (Wildman–Crippen MR) is 104 cm³/mol. The smallest absolute Gasteiger partial charge is 0.248 e. The van der Waals surface area contributed by atoms with Crippen molar-refractivity contribution in [3.05, 3.63) is 77.5 Å². The number of pyridine rings is 1. The molecule has 8 nitrogen and oxygen atoms in total. The maximum absolute atomic E-state index is 14.0. The zero-order valence-corrected chi connectivity index (χ0v) is 14.9. The molecule has 10 heteroatoms. The molecule has 2 aromatic carbocycles. The van der Waals surface area contributed by atoms with Crippen molar-refractivity contribution in [1.82, 2.24) is 4.98 Å². The molecule has 146 valence electrons. The van der Waals surface area contributed by atoms with Crippen LogP contribution < -0.4 is 16.8 Å². The zero-order chi connectivity index (χ0) is 21.0. The number of amides is 1. The lowest BCUT2D eigenvalue weighted by Crippen LogP contribution is -2.17. The van der Waals surface area contributed by atoms with Gasteiger partial charge in [-0.25, -0.2) is 13.8 Å². The van der Waals surface area contributed by atoms with Crippen LogP contribution in [0.3, 0.4) is 0 Å². The molecule has 3 aromatic rings. The number of nitrogens with two attached hydrogens (primary N) is 2. The lowest BCUT2D eigenvalue weighted by Gasteiger charge is -2.13. The van der Waals surface area contributed by atoms with Crippen LogP contribution in [0.2, 0.25) is 0 Å². The number of halogens is 2. The van der Waals surface area contributed by atoms with Gasteiger partial charge in [0.15, 0.2) is 17.5 Å². The summed E-state index contributed by atoms with van der Waals surface area (Å²) in [5, 5.41) is 9.17. The van der Waals surface area contributed by atoms with Crippen LogP contribution in [-0.2, 0) is 0 Å². The first kappa shape index (κ1) is 19.5. The Morgan fingerprint density at radius 3 is 2.48 bits per heavy atom. The van der Waals surface area contributed by atoms with Crippen molar-refractivity contribution in [2.45, 2.75) is 0 Å². The monoisotopic (exact) mass is 395 g/mol. The second-order valence-electron chi connectivity index (χ2n) is 5.87. The molecule has 3 rings (SSSR count). The van der Waals surface area contributed by atoms with E-state index in [-0.39, 0.29) is 22.9 Å². The maximum Gasteiger partial charge on any atom is 0.248 e. The fourth-order valence-corrected chi connectivity index (χ4v) is 2.57. The van der Waals surface area contributed by atoms with E-state index in [0.717, 1.165) is 6.07 Å². The molecule has 0 aliphatic carbocycles. The summed E-state index contributed by atoms with van der Waals surface area (Å²) in [6.45, 7) is 0. The van der Waals surface area contributed by atoms with Crippen molar-refractivity contribution >= 4 is 23.2 Å². The molecular weight excluding hydrogens is 380 g/mol. The van der Waals surface area contributed by atoms with Crippen LogP contribution in [0.1, 0.15) is 15.9 Å². The minimum atomic E-state index is -1.12. The summed E-state index contributed by atoms with van der Waals surface area (Å²) in [5.41, 5.74) is 19.8. The first-order valence-corrected chi connectivity index (χ1v) is 8.22. The Balaban J connectivity index is 2.02. The molecule has 0 radical (unpaired) electrons. The van der Waals surface area contributed by atoms with E-state index in [1.165, 1.54) is 18.3 Å². The average Bonchev–Trinajstić information content (AvgIpc) is 2.71. The highest BCUT2D eigenvalue weighted by Crippen LogP contribution is 2.25. The van der Waals surface area contributed by atoms with Gasteiger partial charge in [-0.3, -0.25) is 4.79 Å². The van der Waals surface area contributed by atoms with E-state index >= 15 is 0 Å². The van der Waals surface area contributed by atoms with Crippen molar-refractivity contribution in [3.63, 3.8) is 0 Å². The largest absolute Gasteiger partial charge is 0.383 e. The van der Waals surface area contributed by atoms with E-state index in [4.69, 9.17) is 17.0 Å². The van der Waals surface area contributed by atoms with Crippen LogP contribution in [0.4, 0.5) is 20.3 Å². The molecule has 0 saturated carbocycles. The Labute approximate surface area is 163 Å². The number of primary amides is 1. The summed E-state index contributed by atoms with van der Waals surface area (Å²) in [7, 11) is 0. The van der Waals surface area contributed by atoms with E-state index in [2.05, 4.69) is 20.6 Å². The summed E-state index contributed by atoms with van der Waals surface area (Å²) in [6.07, 6.45) is 1.50. The Morgan fingerprint density at radius 2 is 1.83 bits per heavy atom. The van der Waals surface area contributed by atoms with E-state index in [1.807, 2.05) is 0 Å². The van der Waals surface area contributed by atoms with Gasteiger partial charge in [-0.2, -0.15) is 5.53 Å². The number of rotatable bonds is 5. The van der Waals surface area contributed by atoms with Gasteiger partial charge in [0, 0.05) is 17.3 Å². The summed E-state index contributed by atoms with van der Waals surface area (Å²) >= 11 is 0. The molecule has 0 bridgehead atoms. The quantitative estimate of drug-likeness (QED) is 0.227. The third-order valence-corrected chi connectivity index (χ3v) is 4.03. The van der Waals surface area contributed by atoms with Crippen LogP contribution in [0.25, 0.3) is 11.1 Å². The highest BCUT2D eigenvalue weighted by molar-refractivity contribution is 6.11. The molecule has 29 heavy (non-hydrogen) atoms. The summed E-state index contributed by atoms with van der Waals surface area (Å²) in [6, 6.07) is 11.6. The number of nitrogens with one attached hydrogen (secondary N) is 2. The highest BCUT2D eigenvalue weighted by Gasteiger charge is 2.15. The van der Waals surface area contributed by atoms with E-state index < -0.39 is 17.5 Å². The standard InChI is InChI=1S/C19H15F2N7O/c20-14-2-1-3-15(16(14)21)26-19(27-28-24)13-8-12(9-25-17(13)22)10-4-6-11(7-5-10)18(23)29/h1-9H,(H2,22,25)(H2,23,29)(H2,24,26,27). The van der Waals surface area contributed by atoms with Crippen molar-refractivity contribution < 1.29 is 13.6 Å². The normalized spacial score (nSPS) is 11.2. The lowest BCUT2D eigenvalue weighted by atomic mass is 10.0. The Bertz CT molecular complexity index is 1110. The fraction of sp³-hybridized carbons (Fsp3) is 0. The molecule has 1 heterocycles. The molecule has 0 atom stereocenters. The first-order chi connectivity index (χ1) is 13.9. The van der Waals surface area contributed by atoms with Crippen LogP contribution in [0.15, 0.2) is 65.1 Å². The van der Waals surface area contributed by atoms with Gasteiger partial charge in [-0.1, -0.05) is 23.4 Å². The molecule has 0 saturated heterocycles. The van der Waals surface area contributed by atoms with Gasteiger partial charge < -0.3 is 16.8 Å². The van der Waals surface area contributed by atoms with Gasteiger partial charge >= 0.3 is 0 Å². The molecule has 0 aliphatic rings. The summed E-state index contributed by atoms with van der Waals surface area (Å²) in [4.78, 5) is 15.3. The van der Waals surface area contributed by atoms with Gasteiger partial charge in [0.05, 0.1) is 11.3 Å². The van der Waals surface area contributed by atoms with Gasteiger partial charge in [-0.05, 0) is 35.9 Å². The number of carbonyl (C=O) groups is 1. The minimum absolute atomic E-state index is 0.0363. The van der Waals surface area contributed by atoms with Gasteiger partial charge in [0.25, 0.3) is 0 Å². The number of aromatic nitrogens is 1. The minimum Gasteiger partial charge on any atom is -0.383 e. The zero-order valence-electron chi connectivity index (χ0n) is 14.9. The van der Waals surface area contributed by atoms with Crippen LogP contribution in [0, 0.1) is 17.2 Å². The molecule has 0 aliphatic heterocycles. The molecular formula is C19H15F2N7O. The average molecular weight is 395 g/mol. The van der Waals surface area contributed by atoms with E-state index in [9.17, 15) is 13.6 Å². The second kappa shape index (κ2) is 8.21. The molecule has 0 spiro atoms. The summed E-state index contributed by atoms with van der Waals surface area (Å²) < 4.78 is 27.5. The number of hydrogen-bond donors (Lipinski definition) is 4. The van der Waals surface area contributed by atoms with Gasteiger partial charge in [0.1, 0.15) is 5.82 Å². The van der Waals surface area contributed by atoms with E-state index in [1.54, 1.807) is 30.3 Å². The highest BCUT2D eigenvalue weighted by atomic mass is 19.2. The summed E-state index contributed by atoms with van der Waals surface area (Å²) in [5.74, 6) is -2.78. The molecule has 0 fully saturated rings. The van der Waals surface area contributed by atoms with Crippen LogP contribution in [0.5, 0.6) is 0 Å². The van der Waals surface area contributed by atoms with Gasteiger partial charge in [0.2, 0.25) is 5.91 Å². The molecule has 1 aromatic heterocycles. The number of hydrogen-bond acceptors (Lipinski definition) is 5. The third kappa shape index (κ3) is 4.21. The molecule has 6 N–H and O–H groups in total. The fourth-order valence-electron chi connectivity index (χ4n) is 2.57. The van der Waals surface area contributed by atoms with Crippen molar-refractivity contribution in [2.24, 2.45) is 16.1 Å². The maximum atomic E-state index is 14.0. The Kier molecular flexibility index (Phi) is 5.54. The van der Waals surface area contributed by atoms with Crippen molar-refractivity contribution in [3.8, 4) is 11.1 Å². The van der Waals surface area contributed by atoms with Gasteiger partial charge in [-0.15, -0.1) is 5.10 Å². The Morgan fingerprint density at radius 1 is 1.10 bits per heavy atom. The second-order valence-corrected chi connectivity index (χ2v) is 5.87. The molecule has 1 amide bonds. The lowest BCUT2D eigenvalue weighted by molar-refractivity contribution is 0.100. The molecule has 0 unspecified atom stereocenters. The van der Waals surface area contributed by atoms with Crippen molar-refractivity contribution in [1.29, 1.82) is 5.53 Å². The van der Waals surface area contributed by atoms with E-state index in [0.29, 0.717) is 16.7 Å². The number of nitrogen functional groups attached to an aromatic ring is 1. The Hall–Kier alpha value is -4.21.